The average Bonchev–Trinajstić information content (AvgIpc) is 3.11. The minimum Gasteiger partial charge on any atom is -0.489 e. The number of hydrogen-bond donors (Lipinski definition) is 2. The highest BCUT2D eigenvalue weighted by atomic mass is 16.5. The number of aromatic nitrogens is 2. The summed E-state index contributed by atoms with van der Waals surface area (Å²) >= 11 is 0. The highest BCUT2D eigenvalue weighted by Crippen LogP contribution is 2.21. The number of nitrogens with zero attached hydrogens (tertiary/aromatic N) is 1. The molecule has 0 atom stereocenters. The first kappa shape index (κ1) is 15.4. The van der Waals surface area contributed by atoms with Gasteiger partial charge in [-0.25, -0.2) is 4.98 Å². The van der Waals surface area contributed by atoms with Gasteiger partial charge in [-0.1, -0.05) is 30.3 Å². The van der Waals surface area contributed by atoms with Crippen LogP contribution in [0, 0.1) is 0 Å². The zero-order valence-corrected chi connectivity index (χ0v) is 13.8. The van der Waals surface area contributed by atoms with Gasteiger partial charge < -0.3 is 10.1 Å². The van der Waals surface area contributed by atoms with E-state index in [2.05, 4.69) is 15.3 Å². The summed E-state index contributed by atoms with van der Waals surface area (Å²) in [6.07, 6.45) is 2.70. The molecule has 0 radical (unpaired) electrons. The van der Waals surface area contributed by atoms with E-state index in [-0.39, 0.29) is 5.56 Å². The molecule has 5 heteroatoms. The molecule has 0 aliphatic heterocycles. The minimum absolute atomic E-state index is 0.0344. The van der Waals surface area contributed by atoms with Crippen molar-refractivity contribution < 1.29 is 4.74 Å². The zero-order valence-electron chi connectivity index (χ0n) is 13.8. The van der Waals surface area contributed by atoms with Crippen LogP contribution in [0.25, 0.3) is 0 Å². The summed E-state index contributed by atoms with van der Waals surface area (Å²) < 4.78 is 5.78. The number of ether oxygens (including phenoxy) is 1. The number of rotatable bonds is 5. The highest BCUT2D eigenvalue weighted by Gasteiger charge is 2.17. The molecule has 2 N–H and O–H groups in total. The third-order valence-corrected chi connectivity index (χ3v) is 4.31. The highest BCUT2D eigenvalue weighted by molar-refractivity contribution is 5.54. The number of aromatic amines is 1. The van der Waals surface area contributed by atoms with Crippen LogP contribution in [-0.4, -0.2) is 9.97 Å². The number of H-pyrrole nitrogens is 1. The molecule has 1 aliphatic carbocycles. The Morgan fingerprint density at radius 3 is 2.64 bits per heavy atom. The Labute approximate surface area is 145 Å². The number of fused-ring (bicyclic) bond motifs is 1. The number of benzene rings is 2. The SMILES string of the molecule is O=c1[nH]c(Nc2ccc(OCc3ccccc3)cc2)nc2c1CCC2. The maximum absolute atomic E-state index is 12.0. The van der Waals surface area contributed by atoms with E-state index in [0.717, 1.165) is 47.5 Å². The number of anilines is 2. The molecule has 25 heavy (non-hydrogen) atoms. The smallest absolute Gasteiger partial charge is 0.255 e. The Morgan fingerprint density at radius 2 is 1.84 bits per heavy atom. The van der Waals surface area contributed by atoms with Crippen LogP contribution >= 0.6 is 0 Å². The van der Waals surface area contributed by atoms with Gasteiger partial charge in [-0.05, 0) is 49.1 Å². The summed E-state index contributed by atoms with van der Waals surface area (Å²) in [7, 11) is 0. The molecule has 0 saturated carbocycles. The molecule has 5 nitrogen and oxygen atoms in total. The van der Waals surface area contributed by atoms with Crippen LogP contribution in [0.1, 0.15) is 23.2 Å². The summed E-state index contributed by atoms with van der Waals surface area (Å²) in [5, 5.41) is 3.15. The van der Waals surface area contributed by atoms with E-state index in [9.17, 15) is 4.79 Å². The van der Waals surface area contributed by atoms with Gasteiger partial charge in [-0.3, -0.25) is 9.78 Å². The van der Waals surface area contributed by atoms with Crippen LogP contribution in [0.15, 0.2) is 59.4 Å². The lowest BCUT2D eigenvalue weighted by Crippen LogP contribution is -2.16. The van der Waals surface area contributed by atoms with Crippen LogP contribution in [0.4, 0.5) is 11.6 Å². The number of nitrogens with one attached hydrogen (secondary N) is 2. The standard InChI is InChI=1S/C20H19N3O2/c24-19-17-7-4-8-18(17)22-20(23-19)21-15-9-11-16(12-10-15)25-13-14-5-2-1-3-6-14/h1-3,5-6,9-12H,4,7-8,13H2,(H2,21,22,23,24). The Balaban J connectivity index is 1.42. The largest absolute Gasteiger partial charge is 0.489 e. The normalized spacial score (nSPS) is 12.6. The predicted molar refractivity (Wildman–Crippen MR) is 97.4 cm³/mol. The van der Waals surface area contributed by atoms with Crippen molar-refractivity contribution >= 4 is 11.6 Å². The van der Waals surface area contributed by atoms with E-state index in [4.69, 9.17) is 4.74 Å². The van der Waals surface area contributed by atoms with E-state index >= 15 is 0 Å². The predicted octanol–water partition coefficient (Wildman–Crippen LogP) is 3.58. The second-order valence-corrected chi connectivity index (χ2v) is 6.12. The Hall–Kier alpha value is -3.08. The molecule has 0 amide bonds. The summed E-state index contributed by atoms with van der Waals surface area (Å²) in [6.45, 7) is 0.535. The summed E-state index contributed by atoms with van der Waals surface area (Å²) in [6, 6.07) is 17.7. The third-order valence-electron chi connectivity index (χ3n) is 4.31. The molecule has 1 heterocycles. The van der Waals surface area contributed by atoms with Gasteiger partial charge >= 0.3 is 0 Å². The van der Waals surface area contributed by atoms with E-state index in [0.29, 0.717) is 12.6 Å². The van der Waals surface area contributed by atoms with E-state index in [1.54, 1.807) is 0 Å². The molecule has 0 unspecified atom stereocenters. The van der Waals surface area contributed by atoms with E-state index < -0.39 is 0 Å². The molecule has 1 aliphatic rings. The summed E-state index contributed by atoms with van der Waals surface area (Å²) in [5.74, 6) is 1.29. The zero-order chi connectivity index (χ0) is 17.1. The first-order chi connectivity index (χ1) is 12.3. The summed E-state index contributed by atoms with van der Waals surface area (Å²) in [4.78, 5) is 19.4. The molecule has 3 aromatic rings. The molecule has 0 spiro atoms. The molecule has 2 aromatic carbocycles. The molecular formula is C20H19N3O2. The van der Waals surface area contributed by atoms with Gasteiger partial charge in [-0.15, -0.1) is 0 Å². The molecule has 0 bridgehead atoms. The van der Waals surface area contributed by atoms with Crippen molar-refractivity contribution in [3.63, 3.8) is 0 Å². The van der Waals surface area contributed by atoms with Gasteiger partial charge in [-0.2, -0.15) is 0 Å². The Morgan fingerprint density at radius 1 is 1.04 bits per heavy atom. The lowest BCUT2D eigenvalue weighted by atomic mass is 10.2. The van der Waals surface area contributed by atoms with Crippen LogP contribution in [0.2, 0.25) is 0 Å². The van der Waals surface area contributed by atoms with Crippen molar-refractivity contribution in [3.05, 3.63) is 81.8 Å². The number of hydrogen-bond acceptors (Lipinski definition) is 4. The van der Waals surface area contributed by atoms with Crippen LogP contribution in [-0.2, 0) is 19.4 Å². The quantitative estimate of drug-likeness (QED) is 0.749. The minimum atomic E-state index is -0.0344. The molecule has 1 aromatic heterocycles. The fraction of sp³-hybridized carbons (Fsp3) is 0.200. The maximum atomic E-state index is 12.0. The van der Waals surface area contributed by atoms with Crippen LogP contribution in [0.5, 0.6) is 5.75 Å². The second-order valence-electron chi connectivity index (χ2n) is 6.12. The van der Waals surface area contributed by atoms with Crippen molar-refractivity contribution in [1.82, 2.24) is 9.97 Å². The van der Waals surface area contributed by atoms with Crippen molar-refractivity contribution in [1.29, 1.82) is 0 Å². The lowest BCUT2D eigenvalue weighted by Gasteiger charge is -2.09. The average molecular weight is 333 g/mol. The maximum Gasteiger partial charge on any atom is 0.255 e. The van der Waals surface area contributed by atoms with Crippen LogP contribution < -0.4 is 15.6 Å². The van der Waals surface area contributed by atoms with Crippen molar-refractivity contribution in [2.45, 2.75) is 25.9 Å². The fourth-order valence-electron chi connectivity index (χ4n) is 3.01. The first-order valence-electron chi connectivity index (χ1n) is 8.44. The van der Waals surface area contributed by atoms with E-state index in [1.807, 2.05) is 54.6 Å². The molecule has 0 fully saturated rings. The van der Waals surface area contributed by atoms with Crippen molar-refractivity contribution in [2.75, 3.05) is 5.32 Å². The Kier molecular flexibility index (Phi) is 4.21. The van der Waals surface area contributed by atoms with Gasteiger partial charge in [0.05, 0.1) is 5.69 Å². The van der Waals surface area contributed by atoms with Gasteiger partial charge in [0.2, 0.25) is 5.95 Å². The van der Waals surface area contributed by atoms with Crippen molar-refractivity contribution in [3.8, 4) is 5.75 Å². The van der Waals surface area contributed by atoms with Crippen LogP contribution in [0.3, 0.4) is 0 Å². The van der Waals surface area contributed by atoms with Gasteiger partial charge in [0, 0.05) is 11.3 Å². The molecule has 126 valence electrons. The lowest BCUT2D eigenvalue weighted by molar-refractivity contribution is 0.306. The third kappa shape index (κ3) is 3.55. The molecular weight excluding hydrogens is 314 g/mol. The Bertz CT molecular complexity index is 918. The topological polar surface area (TPSA) is 67.0 Å². The summed E-state index contributed by atoms with van der Waals surface area (Å²) in [5.41, 5.74) is 3.69. The molecule has 4 rings (SSSR count). The second kappa shape index (κ2) is 6.81. The fourth-order valence-corrected chi connectivity index (χ4v) is 3.01. The first-order valence-corrected chi connectivity index (χ1v) is 8.44. The van der Waals surface area contributed by atoms with Gasteiger partial charge in [0.15, 0.2) is 0 Å². The monoisotopic (exact) mass is 333 g/mol. The van der Waals surface area contributed by atoms with Gasteiger partial charge in [0.25, 0.3) is 5.56 Å². The number of aryl methyl sites for hydroxylation is 1. The van der Waals surface area contributed by atoms with E-state index in [1.165, 1.54) is 0 Å². The van der Waals surface area contributed by atoms with Crippen molar-refractivity contribution in [2.24, 2.45) is 0 Å². The van der Waals surface area contributed by atoms with Gasteiger partial charge in [0.1, 0.15) is 12.4 Å². The molecule has 0 saturated heterocycles.